The Bertz CT molecular complexity index is 1040. The fraction of sp³-hybridized carbons (Fsp3) is 0. The molecule has 120 valence electrons. The predicted octanol–water partition coefficient (Wildman–Crippen LogP) is 6.46. The molecule has 0 aliphatic rings. The molecule has 1 aromatic heterocycles. The van der Waals surface area contributed by atoms with Crippen LogP contribution in [0.15, 0.2) is 90.3 Å². The second kappa shape index (κ2) is 6.88. The molecular weight excluding hydrogens is 324 g/mol. The van der Waals surface area contributed by atoms with Crippen molar-refractivity contribution >= 4 is 33.3 Å². The normalized spacial score (nSPS) is 11.2. The Morgan fingerprint density at radius 1 is 0.800 bits per heavy atom. The first-order chi connectivity index (χ1) is 12.3. The number of hydrogen-bond donors (Lipinski definition) is 0. The topological polar surface area (TPSA) is 17.1 Å². The van der Waals surface area contributed by atoms with Crippen LogP contribution in [-0.4, -0.2) is 5.78 Å². The lowest BCUT2D eigenvalue weighted by Crippen LogP contribution is -1.92. The van der Waals surface area contributed by atoms with Gasteiger partial charge >= 0.3 is 0 Å². The summed E-state index contributed by atoms with van der Waals surface area (Å²) in [6.07, 6.45) is 3.50. The monoisotopic (exact) mass is 340 g/mol. The van der Waals surface area contributed by atoms with Gasteiger partial charge in [0.25, 0.3) is 0 Å². The van der Waals surface area contributed by atoms with Gasteiger partial charge in [-0.25, -0.2) is 0 Å². The molecule has 0 saturated heterocycles. The zero-order chi connectivity index (χ0) is 17.1. The average molecular weight is 340 g/mol. The molecule has 0 unspecified atom stereocenters. The summed E-state index contributed by atoms with van der Waals surface area (Å²) in [6.45, 7) is 0. The smallest absolute Gasteiger partial charge is 0.185 e. The molecule has 2 heteroatoms. The highest BCUT2D eigenvalue weighted by atomic mass is 32.1. The SMILES string of the molecule is O=C(/C=C/c1ccc(-c2csc3ccccc23)cc1)c1ccccc1. The van der Waals surface area contributed by atoms with Crippen LogP contribution in [0.4, 0.5) is 0 Å². The van der Waals surface area contributed by atoms with E-state index in [0.717, 1.165) is 5.56 Å². The quantitative estimate of drug-likeness (QED) is 0.307. The number of benzene rings is 3. The number of ketones is 1. The van der Waals surface area contributed by atoms with E-state index in [1.54, 1.807) is 17.4 Å². The molecule has 3 aromatic carbocycles. The third kappa shape index (κ3) is 3.30. The average Bonchev–Trinajstić information content (AvgIpc) is 3.11. The van der Waals surface area contributed by atoms with Gasteiger partial charge in [0.2, 0.25) is 0 Å². The van der Waals surface area contributed by atoms with E-state index < -0.39 is 0 Å². The van der Waals surface area contributed by atoms with Gasteiger partial charge in [-0.15, -0.1) is 11.3 Å². The van der Waals surface area contributed by atoms with E-state index in [1.165, 1.54) is 21.2 Å². The molecule has 4 aromatic rings. The maximum absolute atomic E-state index is 12.1. The number of fused-ring (bicyclic) bond motifs is 1. The predicted molar refractivity (Wildman–Crippen MR) is 107 cm³/mol. The molecule has 1 heterocycles. The van der Waals surface area contributed by atoms with Crippen molar-refractivity contribution < 1.29 is 4.79 Å². The Morgan fingerprint density at radius 3 is 2.32 bits per heavy atom. The van der Waals surface area contributed by atoms with Crippen LogP contribution >= 0.6 is 11.3 Å². The van der Waals surface area contributed by atoms with Crippen LogP contribution in [0.25, 0.3) is 27.3 Å². The van der Waals surface area contributed by atoms with E-state index in [9.17, 15) is 4.79 Å². The molecule has 0 spiro atoms. The number of carbonyl (C=O) groups excluding carboxylic acids is 1. The largest absolute Gasteiger partial charge is 0.289 e. The van der Waals surface area contributed by atoms with E-state index in [-0.39, 0.29) is 5.78 Å². The molecule has 0 aliphatic heterocycles. The minimum absolute atomic E-state index is 0.0218. The van der Waals surface area contributed by atoms with E-state index in [0.29, 0.717) is 5.56 Å². The van der Waals surface area contributed by atoms with Crippen LogP contribution in [0, 0.1) is 0 Å². The first-order valence-corrected chi connectivity index (χ1v) is 9.03. The minimum atomic E-state index is 0.0218. The van der Waals surface area contributed by atoms with Gasteiger partial charge in [-0.1, -0.05) is 78.9 Å². The zero-order valence-electron chi connectivity index (χ0n) is 13.6. The van der Waals surface area contributed by atoms with Crippen molar-refractivity contribution in [1.29, 1.82) is 0 Å². The highest BCUT2D eigenvalue weighted by Gasteiger charge is 2.05. The van der Waals surface area contributed by atoms with Crippen LogP contribution in [0.1, 0.15) is 15.9 Å². The van der Waals surface area contributed by atoms with Crippen molar-refractivity contribution in [3.63, 3.8) is 0 Å². The van der Waals surface area contributed by atoms with Crippen LogP contribution < -0.4 is 0 Å². The van der Waals surface area contributed by atoms with Crippen molar-refractivity contribution in [2.24, 2.45) is 0 Å². The first kappa shape index (κ1) is 15.6. The maximum Gasteiger partial charge on any atom is 0.185 e. The second-order valence-electron chi connectivity index (χ2n) is 5.83. The van der Waals surface area contributed by atoms with Gasteiger partial charge in [-0.05, 0) is 28.6 Å². The molecule has 0 aliphatic carbocycles. The Hall–Kier alpha value is -2.97. The summed E-state index contributed by atoms with van der Waals surface area (Å²) in [5.74, 6) is 0.0218. The molecule has 0 bridgehead atoms. The molecular formula is C23H16OS. The highest BCUT2D eigenvalue weighted by Crippen LogP contribution is 2.33. The number of thiophene rings is 1. The number of allylic oxidation sites excluding steroid dienone is 1. The van der Waals surface area contributed by atoms with E-state index in [2.05, 4.69) is 53.9 Å². The molecule has 0 atom stereocenters. The van der Waals surface area contributed by atoms with Gasteiger partial charge in [0.1, 0.15) is 0 Å². The molecule has 0 amide bonds. The third-order valence-corrected chi connectivity index (χ3v) is 5.15. The second-order valence-corrected chi connectivity index (χ2v) is 6.74. The summed E-state index contributed by atoms with van der Waals surface area (Å²) >= 11 is 1.77. The van der Waals surface area contributed by atoms with E-state index in [1.807, 2.05) is 36.4 Å². The lowest BCUT2D eigenvalue weighted by Gasteiger charge is -2.01. The highest BCUT2D eigenvalue weighted by molar-refractivity contribution is 7.17. The number of hydrogen-bond acceptors (Lipinski definition) is 2. The van der Waals surface area contributed by atoms with Gasteiger partial charge in [0.15, 0.2) is 5.78 Å². The zero-order valence-corrected chi connectivity index (χ0v) is 14.4. The summed E-state index contributed by atoms with van der Waals surface area (Å²) in [5, 5.41) is 3.49. The summed E-state index contributed by atoms with van der Waals surface area (Å²) in [4.78, 5) is 12.1. The van der Waals surface area contributed by atoms with E-state index in [4.69, 9.17) is 0 Å². The Labute approximate surface area is 150 Å². The number of rotatable bonds is 4. The summed E-state index contributed by atoms with van der Waals surface area (Å²) in [6, 6.07) is 26.1. The van der Waals surface area contributed by atoms with Crippen LogP contribution in [-0.2, 0) is 0 Å². The fourth-order valence-electron chi connectivity index (χ4n) is 2.85. The van der Waals surface area contributed by atoms with Gasteiger partial charge in [0.05, 0.1) is 0 Å². The fourth-order valence-corrected chi connectivity index (χ4v) is 3.82. The Kier molecular flexibility index (Phi) is 4.28. The summed E-state index contributed by atoms with van der Waals surface area (Å²) < 4.78 is 1.30. The molecule has 0 radical (unpaired) electrons. The van der Waals surface area contributed by atoms with Crippen molar-refractivity contribution in [2.75, 3.05) is 0 Å². The number of carbonyl (C=O) groups is 1. The van der Waals surface area contributed by atoms with Gasteiger partial charge < -0.3 is 0 Å². The standard InChI is InChI=1S/C23H16OS/c24-22(19-6-2-1-3-7-19)15-12-17-10-13-18(14-11-17)21-16-25-23-9-5-4-8-20(21)23/h1-16H/b15-12+. The molecule has 0 saturated carbocycles. The third-order valence-electron chi connectivity index (χ3n) is 4.19. The lowest BCUT2D eigenvalue weighted by atomic mass is 10.0. The molecule has 1 nitrogen and oxygen atoms in total. The van der Waals surface area contributed by atoms with Crippen LogP contribution in [0.3, 0.4) is 0 Å². The van der Waals surface area contributed by atoms with Gasteiger partial charge in [-0.3, -0.25) is 4.79 Å². The molecule has 0 fully saturated rings. The van der Waals surface area contributed by atoms with E-state index >= 15 is 0 Å². The molecule has 25 heavy (non-hydrogen) atoms. The Morgan fingerprint density at radius 2 is 1.52 bits per heavy atom. The van der Waals surface area contributed by atoms with Crippen molar-refractivity contribution in [3.05, 3.63) is 101 Å². The molecule has 0 N–H and O–H groups in total. The molecule has 4 rings (SSSR count). The lowest BCUT2D eigenvalue weighted by molar-refractivity contribution is 0.104. The summed E-state index contributed by atoms with van der Waals surface area (Å²) in [7, 11) is 0. The first-order valence-electron chi connectivity index (χ1n) is 8.15. The minimum Gasteiger partial charge on any atom is -0.289 e. The Balaban J connectivity index is 1.56. The van der Waals surface area contributed by atoms with Crippen LogP contribution in [0.5, 0.6) is 0 Å². The van der Waals surface area contributed by atoms with Gasteiger partial charge in [0, 0.05) is 21.2 Å². The van der Waals surface area contributed by atoms with Crippen molar-refractivity contribution in [1.82, 2.24) is 0 Å². The van der Waals surface area contributed by atoms with Crippen molar-refractivity contribution in [3.8, 4) is 11.1 Å². The van der Waals surface area contributed by atoms with Crippen molar-refractivity contribution in [2.45, 2.75) is 0 Å². The summed E-state index contributed by atoms with van der Waals surface area (Å²) in [5.41, 5.74) is 4.19. The maximum atomic E-state index is 12.1. The van der Waals surface area contributed by atoms with Crippen LogP contribution in [0.2, 0.25) is 0 Å². The van der Waals surface area contributed by atoms with Gasteiger partial charge in [-0.2, -0.15) is 0 Å².